The molecule has 1 aliphatic heterocycles. The van der Waals surface area contributed by atoms with E-state index in [1.54, 1.807) is 19.2 Å². The van der Waals surface area contributed by atoms with Crippen LogP contribution < -0.4 is 4.90 Å². The number of aryl methyl sites for hydroxylation is 1. The lowest BCUT2D eigenvalue weighted by molar-refractivity contribution is -0.132. The second kappa shape index (κ2) is 7.25. The fourth-order valence-electron chi connectivity index (χ4n) is 3.85. The summed E-state index contributed by atoms with van der Waals surface area (Å²) in [7, 11) is 0. The zero-order chi connectivity index (χ0) is 19.0. The van der Waals surface area contributed by atoms with Crippen molar-refractivity contribution in [3.8, 4) is 17.1 Å². The summed E-state index contributed by atoms with van der Waals surface area (Å²) in [5.74, 6) is 2.40. The van der Waals surface area contributed by atoms with Gasteiger partial charge in [-0.1, -0.05) is 12.8 Å². The zero-order valence-corrected chi connectivity index (χ0v) is 16.0. The Balaban J connectivity index is 1.41. The molecule has 1 saturated carbocycles. The molecule has 0 radical (unpaired) electrons. The summed E-state index contributed by atoms with van der Waals surface area (Å²) >= 11 is 0. The number of phenolic OH excluding ortho intramolecular Hbond substituents is 1. The molecule has 4 rings (SSSR count). The molecular weight excluding hydrogens is 342 g/mol. The van der Waals surface area contributed by atoms with Crippen LogP contribution in [-0.2, 0) is 4.79 Å². The van der Waals surface area contributed by atoms with Crippen LogP contribution in [0.25, 0.3) is 11.3 Å². The highest BCUT2D eigenvalue weighted by molar-refractivity contribution is 5.77. The molecule has 0 bridgehead atoms. The summed E-state index contributed by atoms with van der Waals surface area (Å²) in [6.07, 6.45) is 5.95. The molecule has 6 heteroatoms. The first-order valence-electron chi connectivity index (χ1n) is 9.81. The van der Waals surface area contributed by atoms with Gasteiger partial charge in [0.2, 0.25) is 5.91 Å². The van der Waals surface area contributed by atoms with E-state index in [4.69, 9.17) is 4.42 Å². The van der Waals surface area contributed by atoms with Crippen LogP contribution in [0.1, 0.15) is 38.5 Å². The quantitative estimate of drug-likeness (QED) is 0.872. The van der Waals surface area contributed by atoms with Crippen LogP contribution in [0, 0.1) is 12.8 Å². The monoisotopic (exact) mass is 369 g/mol. The molecule has 27 heavy (non-hydrogen) atoms. The maximum Gasteiger partial charge on any atom is 0.222 e. The third-order valence-electron chi connectivity index (χ3n) is 5.64. The maximum atomic E-state index is 12.4. The lowest BCUT2D eigenvalue weighted by atomic mass is 10.1. The number of aromatic hydroxyl groups is 1. The van der Waals surface area contributed by atoms with Crippen LogP contribution in [0.2, 0.25) is 0 Å². The van der Waals surface area contributed by atoms with Gasteiger partial charge in [-0.05, 0) is 31.4 Å². The first-order valence-corrected chi connectivity index (χ1v) is 9.81. The molecule has 0 unspecified atom stereocenters. The number of amides is 1. The van der Waals surface area contributed by atoms with Gasteiger partial charge >= 0.3 is 0 Å². The van der Waals surface area contributed by atoms with Gasteiger partial charge < -0.3 is 19.3 Å². The Kier molecular flexibility index (Phi) is 4.81. The Bertz CT molecular complexity index is 828. The van der Waals surface area contributed by atoms with E-state index >= 15 is 0 Å². The van der Waals surface area contributed by atoms with Crippen LogP contribution >= 0.6 is 0 Å². The predicted molar refractivity (Wildman–Crippen MR) is 104 cm³/mol. The maximum absolute atomic E-state index is 12.4. The topological polar surface area (TPSA) is 69.8 Å². The van der Waals surface area contributed by atoms with Gasteiger partial charge in [0.05, 0.1) is 11.8 Å². The molecule has 1 aromatic heterocycles. The van der Waals surface area contributed by atoms with Crippen molar-refractivity contribution in [1.29, 1.82) is 0 Å². The molecule has 1 saturated heterocycles. The molecule has 1 amide bonds. The highest BCUT2D eigenvalue weighted by Crippen LogP contribution is 2.35. The number of hydrogen-bond donors (Lipinski definition) is 1. The first kappa shape index (κ1) is 17.9. The number of benzene rings is 1. The number of piperazine rings is 1. The Morgan fingerprint density at radius 2 is 2.15 bits per heavy atom. The van der Waals surface area contributed by atoms with E-state index in [0.29, 0.717) is 23.6 Å². The molecule has 1 atom stereocenters. The van der Waals surface area contributed by atoms with Gasteiger partial charge in [0, 0.05) is 50.8 Å². The number of carbonyl (C=O) groups is 1. The number of oxazole rings is 1. The van der Waals surface area contributed by atoms with E-state index in [0.717, 1.165) is 37.7 Å². The molecule has 2 fully saturated rings. The average Bonchev–Trinajstić information content (AvgIpc) is 3.39. The van der Waals surface area contributed by atoms with E-state index in [2.05, 4.69) is 16.8 Å². The molecule has 144 valence electrons. The lowest BCUT2D eigenvalue weighted by Crippen LogP contribution is -2.53. The second-order valence-electron chi connectivity index (χ2n) is 7.81. The summed E-state index contributed by atoms with van der Waals surface area (Å²) in [5, 5.41) is 10.5. The summed E-state index contributed by atoms with van der Waals surface area (Å²) in [6.45, 7) is 6.15. The van der Waals surface area contributed by atoms with Gasteiger partial charge in [0.15, 0.2) is 11.7 Å². The number of phenols is 1. The summed E-state index contributed by atoms with van der Waals surface area (Å²) in [6, 6.07) is 5.84. The van der Waals surface area contributed by atoms with Gasteiger partial charge in [-0.2, -0.15) is 0 Å². The average molecular weight is 369 g/mol. The third-order valence-corrected chi connectivity index (χ3v) is 5.64. The van der Waals surface area contributed by atoms with E-state index < -0.39 is 0 Å². The van der Waals surface area contributed by atoms with E-state index in [-0.39, 0.29) is 17.7 Å². The highest BCUT2D eigenvalue weighted by atomic mass is 16.4. The minimum atomic E-state index is 0.179. The summed E-state index contributed by atoms with van der Waals surface area (Å²) < 4.78 is 5.51. The molecule has 6 nitrogen and oxygen atoms in total. The molecule has 0 spiro atoms. The number of carbonyl (C=O) groups excluding carboxylic acids is 1. The highest BCUT2D eigenvalue weighted by Gasteiger charge is 2.29. The smallest absolute Gasteiger partial charge is 0.222 e. The van der Waals surface area contributed by atoms with E-state index in [9.17, 15) is 9.90 Å². The third kappa shape index (κ3) is 3.94. The minimum Gasteiger partial charge on any atom is -0.507 e. The second-order valence-corrected chi connectivity index (χ2v) is 7.81. The summed E-state index contributed by atoms with van der Waals surface area (Å²) in [5.41, 5.74) is 1.60. The van der Waals surface area contributed by atoms with Crippen LogP contribution in [-0.4, -0.2) is 46.6 Å². The number of hydrogen-bond acceptors (Lipinski definition) is 5. The van der Waals surface area contributed by atoms with E-state index in [1.807, 2.05) is 17.0 Å². The van der Waals surface area contributed by atoms with Crippen molar-refractivity contribution in [3.05, 3.63) is 30.3 Å². The Morgan fingerprint density at radius 3 is 2.78 bits per heavy atom. The summed E-state index contributed by atoms with van der Waals surface area (Å²) in [4.78, 5) is 20.8. The largest absolute Gasteiger partial charge is 0.507 e. The Morgan fingerprint density at radius 1 is 1.33 bits per heavy atom. The van der Waals surface area contributed by atoms with Gasteiger partial charge in [0.25, 0.3) is 0 Å². The molecule has 1 N–H and O–H groups in total. The van der Waals surface area contributed by atoms with Crippen LogP contribution in [0.4, 0.5) is 5.69 Å². The SMILES string of the molecule is Cc1ncc(-c2ccc(N3CCN(C(=O)CCC4CC4)C[C@@H]3C)cc2O)o1. The van der Waals surface area contributed by atoms with Crippen molar-refractivity contribution in [2.75, 3.05) is 24.5 Å². The van der Waals surface area contributed by atoms with Crippen molar-refractivity contribution in [1.82, 2.24) is 9.88 Å². The molecule has 2 aliphatic rings. The fraction of sp³-hybridized carbons (Fsp3) is 0.524. The number of aromatic nitrogens is 1. The van der Waals surface area contributed by atoms with Crippen molar-refractivity contribution in [3.63, 3.8) is 0 Å². The van der Waals surface area contributed by atoms with Gasteiger partial charge in [-0.25, -0.2) is 4.98 Å². The van der Waals surface area contributed by atoms with Crippen molar-refractivity contribution < 1.29 is 14.3 Å². The normalized spacial score (nSPS) is 20.1. The fourth-order valence-corrected chi connectivity index (χ4v) is 3.85. The molecular formula is C21H27N3O3. The van der Waals surface area contributed by atoms with Crippen LogP contribution in [0.15, 0.2) is 28.8 Å². The van der Waals surface area contributed by atoms with Crippen molar-refractivity contribution in [2.24, 2.45) is 5.92 Å². The van der Waals surface area contributed by atoms with Crippen molar-refractivity contribution >= 4 is 11.6 Å². The molecule has 2 heterocycles. The Labute approximate surface area is 159 Å². The van der Waals surface area contributed by atoms with Crippen molar-refractivity contribution in [2.45, 2.75) is 45.6 Å². The van der Waals surface area contributed by atoms with Gasteiger partial charge in [-0.15, -0.1) is 0 Å². The molecule has 1 aromatic carbocycles. The number of rotatable bonds is 5. The Hall–Kier alpha value is -2.50. The standard InChI is InChI=1S/C21H27N3O3/c1-14-13-23(21(26)8-5-16-3-4-16)9-10-24(14)17-6-7-18(19(25)11-17)20-12-22-15(2)27-20/h6-7,11-12,14,16,25H,3-5,8-10,13H2,1-2H3/t14-/m0/s1. The zero-order valence-electron chi connectivity index (χ0n) is 16.0. The predicted octanol–water partition coefficient (Wildman–Crippen LogP) is 3.58. The molecule has 2 aromatic rings. The number of anilines is 1. The van der Waals surface area contributed by atoms with Gasteiger partial charge in [-0.3, -0.25) is 4.79 Å². The van der Waals surface area contributed by atoms with Crippen LogP contribution in [0.5, 0.6) is 5.75 Å². The van der Waals surface area contributed by atoms with Gasteiger partial charge in [0.1, 0.15) is 5.75 Å². The van der Waals surface area contributed by atoms with E-state index in [1.165, 1.54) is 12.8 Å². The first-order chi connectivity index (χ1) is 13.0. The van der Waals surface area contributed by atoms with Crippen LogP contribution in [0.3, 0.4) is 0 Å². The minimum absolute atomic E-state index is 0.179. The molecule has 1 aliphatic carbocycles. The number of nitrogens with zero attached hydrogens (tertiary/aromatic N) is 3. The lowest BCUT2D eigenvalue weighted by Gasteiger charge is -2.41.